The van der Waals surface area contributed by atoms with E-state index >= 15 is 0 Å². The van der Waals surface area contributed by atoms with Crippen LogP contribution in [0.2, 0.25) is 0 Å². The summed E-state index contributed by atoms with van der Waals surface area (Å²) in [5, 5.41) is 11.9. The summed E-state index contributed by atoms with van der Waals surface area (Å²) in [7, 11) is 0. The van der Waals surface area contributed by atoms with Gasteiger partial charge in [0.05, 0.1) is 6.04 Å². The predicted octanol–water partition coefficient (Wildman–Crippen LogP) is 0.624. The maximum Gasteiger partial charge on any atom is 0.407 e. The van der Waals surface area contributed by atoms with Gasteiger partial charge in [0.2, 0.25) is 0 Å². The van der Waals surface area contributed by atoms with E-state index in [1.807, 2.05) is 30.3 Å². The van der Waals surface area contributed by atoms with E-state index in [4.69, 9.17) is 10.5 Å². The Hall–Kier alpha value is -2.03. The minimum Gasteiger partial charge on any atom is -0.445 e. The number of rotatable bonds is 5. The second-order valence-electron chi connectivity index (χ2n) is 3.95. The second kappa shape index (κ2) is 8.14. The summed E-state index contributed by atoms with van der Waals surface area (Å²) in [5.74, 6) is 5.07. The molecule has 1 aromatic carbocycles. The molecule has 2 unspecified atom stereocenters. The van der Waals surface area contributed by atoms with Gasteiger partial charge in [-0.1, -0.05) is 36.3 Å². The van der Waals surface area contributed by atoms with Crippen LogP contribution in [0.4, 0.5) is 4.79 Å². The monoisotopic (exact) mass is 262 g/mol. The number of nitrogens with two attached hydrogens (primary N) is 1. The Bertz CT molecular complexity index is 451. The Morgan fingerprint density at radius 3 is 2.79 bits per heavy atom. The molecule has 1 rings (SSSR count). The van der Waals surface area contributed by atoms with E-state index in [9.17, 15) is 9.90 Å². The summed E-state index contributed by atoms with van der Waals surface area (Å²) in [6.45, 7) is 1.90. The van der Waals surface area contributed by atoms with Crippen molar-refractivity contribution in [3.8, 4) is 11.8 Å². The maximum absolute atomic E-state index is 11.4. The van der Waals surface area contributed by atoms with E-state index in [0.717, 1.165) is 5.56 Å². The zero-order valence-electron chi connectivity index (χ0n) is 10.8. The van der Waals surface area contributed by atoms with Crippen LogP contribution in [0.25, 0.3) is 0 Å². The van der Waals surface area contributed by atoms with Crippen LogP contribution in [-0.4, -0.2) is 29.9 Å². The fourth-order valence-corrected chi connectivity index (χ4v) is 1.34. The highest BCUT2D eigenvalue weighted by Crippen LogP contribution is 2.00. The molecule has 0 saturated carbocycles. The average molecular weight is 262 g/mol. The quantitative estimate of drug-likeness (QED) is 0.679. The van der Waals surface area contributed by atoms with Gasteiger partial charge in [-0.25, -0.2) is 4.79 Å². The standard InChI is InChI=1S/C14H18N2O3/c1-2-6-13(17)12(15)9-16-14(18)19-10-11-7-4-3-5-8-11/h3-5,7-8,12-13,17H,9-10,15H2,1H3,(H,16,18). The van der Waals surface area contributed by atoms with Gasteiger partial charge in [-0.15, -0.1) is 5.92 Å². The molecule has 0 aliphatic rings. The van der Waals surface area contributed by atoms with Crippen molar-refractivity contribution in [3.63, 3.8) is 0 Å². The number of carbonyl (C=O) groups is 1. The van der Waals surface area contributed by atoms with Gasteiger partial charge in [0.1, 0.15) is 12.7 Å². The number of nitrogens with one attached hydrogen (secondary N) is 1. The van der Waals surface area contributed by atoms with E-state index < -0.39 is 18.2 Å². The van der Waals surface area contributed by atoms with Crippen LogP contribution in [0.15, 0.2) is 30.3 Å². The number of alkyl carbamates (subject to hydrolysis) is 1. The number of aliphatic hydroxyl groups is 1. The molecule has 0 heterocycles. The largest absolute Gasteiger partial charge is 0.445 e. The molecule has 0 fully saturated rings. The van der Waals surface area contributed by atoms with Crippen LogP contribution < -0.4 is 11.1 Å². The van der Waals surface area contributed by atoms with Gasteiger partial charge in [-0.05, 0) is 12.5 Å². The molecule has 0 aliphatic carbocycles. The molecule has 5 heteroatoms. The van der Waals surface area contributed by atoms with Crippen LogP contribution in [-0.2, 0) is 11.3 Å². The van der Waals surface area contributed by atoms with E-state index in [-0.39, 0.29) is 13.2 Å². The fraction of sp³-hybridized carbons (Fsp3) is 0.357. The van der Waals surface area contributed by atoms with E-state index in [2.05, 4.69) is 17.2 Å². The molecule has 0 aliphatic heterocycles. The Kier molecular flexibility index (Phi) is 6.44. The Labute approximate surface area is 112 Å². The normalized spacial score (nSPS) is 12.8. The van der Waals surface area contributed by atoms with E-state index in [1.165, 1.54) is 0 Å². The molecule has 1 aromatic rings. The van der Waals surface area contributed by atoms with Crippen molar-refractivity contribution in [1.82, 2.24) is 5.32 Å². The van der Waals surface area contributed by atoms with Crippen molar-refractivity contribution in [2.45, 2.75) is 25.7 Å². The highest BCUT2D eigenvalue weighted by molar-refractivity contribution is 5.67. The minimum absolute atomic E-state index is 0.101. The summed E-state index contributed by atoms with van der Waals surface area (Å²) in [6, 6.07) is 8.70. The summed E-state index contributed by atoms with van der Waals surface area (Å²) in [6.07, 6.45) is -1.53. The van der Waals surface area contributed by atoms with Gasteiger partial charge in [0.25, 0.3) is 0 Å². The second-order valence-corrected chi connectivity index (χ2v) is 3.95. The van der Waals surface area contributed by atoms with Crippen LogP contribution in [0.5, 0.6) is 0 Å². The lowest BCUT2D eigenvalue weighted by atomic mass is 10.2. The first-order valence-corrected chi connectivity index (χ1v) is 5.94. The SMILES string of the molecule is CC#CC(O)C(N)CNC(=O)OCc1ccccc1. The first kappa shape index (κ1) is 15.0. The molecule has 19 heavy (non-hydrogen) atoms. The van der Waals surface area contributed by atoms with Crippen molar-refractivity contribution in [1.29, 1.82) is 0 Å². The number of amides is 1. The topological polar surface area (TPSA) is 84.6 Å². The highest BCUT2D eigenvalue weighted by atomic mass is 16.5. The van der Waals surface area contributed by atoms with Gasteiger partial charge >= 0.3 is 6.09 Å². The summed E-state index contributed by atoms with van der Waals surface area (Å²) < 4.78 is 4.99. The fourth-order valence-electron chi connectivity index (χ4n) is 1.34. The Balaban J connectivity index is 2.26. The molecule has 0 spiro atoms. The third-order valence-corrected chi connectivity index (χ3v) is 2.39. The first-order chi connectivity index (χ1) is 9.13. The van der Waals surface area contributed by atoms with Crippen molar-refractivity contribution >= 4 is 6.09 Å². The van der Waals surface area contributed by atoms with E-state index in [1.54, 1.807) is 6.92 Å². The molecule has 2 atom stereocenters. The van der Waals surface area contributed by atoms with Crippen LogP contribution in [0.1, 0.15) is 12.5 Å². The summed E-state index contributed by atoms with van der Waals surface area (Å²) in [5.41, 5.74) is 6.54. The number of ether oxygens (including phenoxy) is 1. The van der Waals surface area contributed by atoms with Crippen molar-refractivity contribution < 1.29 is 14.6 Å². The van der Waals surface area contributed by atoms with Gasteiger partial charge < -0.3 is 20.9 Å². The molecule has 0 radical (unpaired) electrons. The molecule has 4 N–H and O–H groups in total. The van der Waals surface area contributed by atoms with Crippen molar-refractivity contribution in [2.75, 3.05) is 6.54 Å². The molecule has 102 valence electrons. The lowest BCUT2D eigenvalue weighted by molar-refractivity contribution is 0.135. The van der Waals surface area contributed by atoms with Gasteiger partial charge in [0.15, 0.2) is 0 Å². The zero-order chi connectivity index (χ0) is 14.1. The number of hydrogen-bond donors (Lipinski definition) is 3. The average Bonchev–Trinajstić information content (AvgIpc) is 2.43. The maximum atomic E-state index is 11.4. The van der Waals surface area contributed by atoms with Gasteiger partial charge in [-0.2, -0.15) is 0 Å². The third-order valence-electron chi connectivity index (χ3n) is 2.39. The number of carbonyl (C=O) groups excluding carboxylic acids is 1. The minimum atomic E-state index is -0.959. The van der Waals surface area contributed by atoms with Gasteiger partial charge in [-0.3, -0.25) is 0 Å². The Morgan fingerprint density at radius 2 is 2.16 bits per heavy atom. The molecular formula is C14H18N2O3. The van der Waals surface area contributed by atoms with E-state index in [0.29, 0.717) is 0 Å². The third kappa shape index (κ3) is 5.91. The number of aliphatic hydroxyl groups excluding tert-OH is 1. The lowest BCUT2D eigenvalue weighted by Crippen LogP contribution is -2.44. The number of hydrogen-bond acceptors (Lipinski definition) is 4. The predicted molar refractivity (Wildman–Crippen MR) is 72.1 cm³/mol. The molecule has 0 aromatic heterocycles. The van der Waals surface area contributed by atoms with Crippen LogP contribution >= 0.6 is 0 Å². The lowest BCUT2D eigenvalue weighted by Gasteiger charge is -2.14. The van der Waals surface area contributed by atoms with Crippen LogP contribution in [0, 0.1) is 11.8 Å². The smallest absolute Gasteiger partial charge is 0.407 e. The van der Waals surface area contributed by atoms with Gasteiger partial charge in [0, 0.05) is 6.54 Å². The molecule has 1 amide bonds. The Morgan fingerprint density at radius 1 is 1.47 bits per heavy atom. The highest BCUT2D eigenvalue weighted by Gasteiger charge is 2.13. The zero-order valence-corrected chi connectivity index (χ0v) is 10.8. The van der Waals surface area contributed by atoms with Crippen LogP contribution in [0.3, 0.4) is 0 Å². The summed E-state index contributed by atoms with van der Waals surface area (Å²) >= 11 is 0. The number of benzene rings is 1. The molecule has 0 saturated heterocycles. The van der Waals surface area contributed by atoms with Crippen molar-refractivity contribution in [2.24, 2.45) is 5.73 Å². The molecular weight excluding hydrogens is 244 g/mol. The molecule has 0 bridgehead atoms. The summed E-state index contributed by atoms with van der Waals surface area (Å²) in [4.78, 5) is 11.4. The van der Waals surface area contributed by atoms with Crippen molar-refractivity contribution in [3.05, 3.63) is 35.9 Å². The molecule has 5 nitrogen and oxygen atoms in total. The first-order valence-electron chi connectivity index (χ1n) is 5.94.